The predicted octanol–water partition coefficient (Wildman–Crippen LogP) is 2.05. The third-order valence-corrected chi connectivity index (χ3v) is 3.76. The summed E-state index contributed by atoms with van der Waals surface area (Å²) in [5.41, 5.74) is 1.66. The minimum atomic E-state index is -0.995. The van der Waals surface area contributed by atoms with Gasteiger partial charge in [-0.2, -0.15) is 0 Å². The van der Waals surface area contributed by atoms with Crippen molar-refractivity contribution >= 4 is 28.6 Å². The van der Waals surface area contributed by atoms with Crippen LogP contribution in [0.1, 0.15) is 17.3 Å². The van der Waals surface area contributed by atoms with Crippen molar-refractivity contribution in [2.24, 2.45) is 0 Å². The van der Waals surface area contributed by atoms with Gasteiger partial charge in [-0.05, 0) is 49.4 Å². The quantitative estimate of drug-likeness (QED) is 0.606. The molecule has 0 saturated heterocycles. The molecule has 1 aromatic heterocycles. The first-order chi connectivity index (χ1) is 12.5. The SMILES string of the molecule is COc1ccc(C(=O)O[C@H](C)C(=O)Nc2ccc3[nH]c(=O)[nH]c3c2)cc1. The van der Waals surface area contributed by atoms with Crippen LogP contribution >= 0.6 is 0 Å². The first-order valence-corrected chi connectivity index (χ1v) is 7.84. The molecular weight excluding hydrogens is 338 g/mol. The van der Waals surface area contributed by atoms with Gasteiger partial charge in [-0.1, -0.05) is 0 Å². The Labute approximate surface area is 148 Å². The number of aromatic nitrogens is 2. The van der Waals surface area contributed by atoms with Crippen LogP contribution in [0.3, 0.4) is 0 Å². The number of benzene rings is 2. The standard InChI is InChI=1S/C18H17N3O5/c1-10(26-17(23)11-3-6-13(25-2)7-4-11)16(22)19-12-5-8-14-15(9-12)21-18(24)20-14/h3-10H,1-2H3,(H,19,22)(H2,20,21,24)/t10-/m1/s1. The van der Waals surface area contributed by atoms with Gasteiger partial charge in [0.2, 0.25) is 0 Å². The highest BCUT2D eigenvalue weighted by atomic mass is 16.5. The summed E-state index contributed by atoms with van der Waals surface area (Å²) in [5, 5.41) is 2.65. The summed E-state index contributed by atoms with van der Waals surface area (Å²) in [6, 6.07) is 11.3. The van der Waals surface area contributed by atoms with Crippen molar-refractivity contribution in [3.05, 3.63) is 58.5 Å². The van der Waals surface area contributed by atoms with Crippen molar-refractivity contribution in [3.8, 4) is 5.75 Å². The van der Waals surface area contributed by atoms with Gasteiger partial charge in [0.1, 0.15) is 5.75 Å². The number of rotatable bonds is 5. The van der Waals surface area contributed by atoms with Crippen LogP contribution in [0.5, 0.6) is 5.75 Å². The van der Waals surface area contributed by atoms with E-state index in [2.05, 4.69) is 15.3 Å². The number of fused-ring (bicyclic) bond motifs is 1. The number of H-pyrrole nitrogens is 2. The molecule has 0 bridgehead atoms. The fraction of sp³-hybridized carbons (Fsp3) is 0.167. The molecule has 26 heavy (non-hydrogen) atoms. The number of amides is 1. The lowest BCUT2D eigenvalue weighted by Gasteiger charge is -2.13. The Balaban J connectivity index is 1.64. The van der Waals surface area contributed by atoms with E-state index in [1.54, 1.807) is 42.5 Å². The molecular formula is C18H17N3O5. The van der Waals surface area contributed by atoms with Crippen molar-refractivity contribution in [1.29, 1.82) is 0 Å². The highest BCUT2D eigenvalue weighted by Crippen LogP contribution is 2.16. The molecule has 0 spiro atoms. The Kier molecular flexibility index (Phi) is 4.74. The van der Waals surface area contributed by atoms with Crippen molar-refractivity contribution in [3.63, 3.8) is 0 Å². The number of ether oxygens (including phenoxy) is 2. The second-order valence-electron chi connectivity index (χ2n) is 5.60. The topological polar surface area (TPSA) is 113 Å². The van der Waals surface area contributed by atoms with Gasteiger partial charge in [0, 0.05) is 5.69 Å². The van der Waals surface area contributed by atoms with Crippen LogP contribution in [0.4, 0.5) is 5.69 Å². The van der Waals surface area contributed by atoms with E-state index in [4.69, 9.17) is 9.47 Å². The second kappa shape index (κ2) is 7.14. The molecule has 0 saturated carbocycles. The summed E-state index contributed by atoms with van der Waals surface area (Å²) >= 11 is 0. The maximum atomic E-state index is 12.2. The summed E-state index contributed by atoms with van der Waals surface area (Å²) < 4.78 is 10.2. The highest BCUT2D eigenvalue weighted by Gasteiger charge is 2.19. The smallest absolute Gasteiger partial charge is 0.338 e. The number of anilines is 1. The number of aromatic amines is 2. The summed E-state index contributed by atoms with van der Waals surface area (Å²) in [7, 11) is 1.53. The fourth-order valence-corrected chi connectivity index (χ4v) is 2.36. The van der Waals surface area contributed by atoms with Crippen molar-refractivity contribution in [2.45, 2.75) is 13.0 Å². The number of esters is 1. The van der Waals surface area contributed by atoms with E-state index in [1.165, 1.54) is 14.0 Å². The first-order valence-electron chi connectivity index (χ1n) is 7.84. The molecule has 1 amide bonds. The van der Waals surface area contributed by atoms with Crippen molar-refractivity contribution < 1.29 is 19.1 Å². The van der Waals surface area contributed by atoms with Gasteiger partial charge in [0.25, 0.3) is 5.91 Å². The minimum Gasteiger partial charge on any atom is -0.497 e. The van der Waals surface area contributed by atoms with Crippen LogP contribution in [0.25, 0.3) is 11.0 Å². The van der Waals surface area contributed by atoms with Crippen molar-refractivity contribution in [1.82, 2.24) is 9.97 Å². The lowest BCUT2D eigenvalue weighted by Crippen LogP contribution is -2.30. The van der Waals surface area contributed by atoms with E-state index in [9.17, 15) is 14.4 Å². The normalized spacial score (nSPS) is 11.8. The Hall–Kier alpha value is -3.55. The van der Waals surface area contributed by atoms with Gasteiger partial charge >= 0.3 is 11.7 Å². The average Bonchev–Trinajstić information content (AvgIpc) is 3.00. The number of carbonyl (C=O) groups is 2. The number of carbonyl (C=O) groups excluding carboxylic acids is 2. The van der Waals surface area contributed by atoms with E-state index in [0.29, 0.717) is 28.0 Å². The molecule has 3 rings (SSSR count). The molecule has 1 atom stereocenters. The molecule has 1 heterocycles. The van der Waals surface area contributed by atoms with E-state index < -0.39 is 18.0 Å². The molecule has 0 aliphatic rings. The largest absolute Gasteiger partial charge is 0.497 e. The highest BCUT2D eigenvalue weighted by molar-refractivity contribution is 5.98. The Morgan fingerprint density at radius 2 is 1.73 bits per heavy atom. The van der Waals surface area contributed by atoms with Crippen LogP contribution in [0, 0.1) is 0 Å². The molecule has 3 N–H and O–H groups in total. The molecule has 0 radical (unpaired) electrons. The third kappa shape index (κ3) is 3.75. The van der Waals surface area contributed by atoms with Gasteiger partial charge in [0.15, 0.2) is 6.10 Å². The molecule has 8 heteroatoms. The van der Waals surface area contributed by atoms with Crippen LogP contribution in [0.2, 0.25) is 0 Å². The number of hydrogen-bond acceptors (Lipinski definition) is 5. The predicted molar refractivity (Wildman–Crippen MR) is 95.4 cm³/mol. The zero-order valence-corrected chi connectivity index (χ0v) is 14.2. The maximum Gasteiger partial charge on any atom is 0.338 e. The summed E-state index contributed by atoms with van der Waals surface area (Å²) in [5.74, 6) is -0.477. The van der Waals surface area contributed by atoms with Gasteiger partial charge in [-0.25, -0.2) is 9.59 Å². The Morgan fingerprint density at radius 3 is 2.42 bits per heavy atom. The maximum absolute atomic E-state index is 12.2. The lowest BCUT2D eigenvalue weighted by molar-refractivity contribution is -0.123. The number of hydrogen-bond donors (Lipinski definition) is 3. The van der Waals surface area contributed by atoms with Gasteiger partial charge < -0.3 is 24.8 Å². The van der Waals surface area contributed by atoms with E-state index in [0.717, 1.165) is 0 Å². The molecule has 3 aromatic rings. The summed E-state index contributed by atoms with van der Waals surface area (Å²) in [4.78, 5) is 40.8. The monoisotopic (exact) mass is 355 g/mol. The molecule has 0 aliphatic carbocycles. The zero-order chi connectivity index (χ0) is 18.7. The van der Waals surface area contributed by atoms with Crippen molar-refractivity contribution in [2.75, 3.05) is 12.4 Å². The molecule has 0 fully saturated rings. The summed E-state index contributed by atoms with van der Waals surface area (Å²) in [6.45, 7) is 1.48. The van der Waals surface area contributed by atoms with E-state index >= 15 is 0 Å². The van der Waals surface area contributed by atoms with Crippen LogP contribution in [-0.4, -0.2) is 35.1 Å². The minimum absolute atomic E-state index is 0.316. The summed E-state index contributed by atoms with van der Waals surface area (Å²) in [6.07, 6.45) is -0.995. The lowest BCUT2D eigenvalue weighted by atomic mass is 10.2. The fourth-order valence-electron chi connectivity index (χ4n) is 2.36. The van der Waals surface area contributed by atoms with Crippen LogP contribution in [-0.2, 0) is 9.53 Å². The van der Waals surface area contributed by atoms with Crippen LogP contribution in [0.15, 0.2) is 47.3 Å². The second-order valence-corrected chi connectivity index (χ2v) is 5.60. The Bertz CT molecular complexity index is 1000. The molecule has 0 unspecified atom stereocenters. The molecule has 134 valence electrons. The Morgan fingerprint density at radius 1 is 1.04 bits per heavy atom. The van der Waals surface area contributed by atoms with E-state index in [1.807, 2.05) is 0 Å². The van der Waals surface area contributed by atoms with Gasteiger partial charge in [-0.3, -0.25) is 4.79 Å². The number of methoxy groups -OCH3 is 1. The molecule has 0 aliphatic heterocycles. The van der Waals surface area contributed by atoms with Gasteiger partial charge in [-0.15, -0.1) is 0 Å². The first kappa shape index (κ1) is 17.3. The zero-order valence-electron chi connectivity index (χ0n) is 14.2. The number of imidazole rings is 1. The molecule has 2 aromatic carbocycles. The van der Waals surface area contributed by atoms with Crippen LogP contribution < -0.4 is 15.7 Å². The van der Waals surface area contributed by atoms with Gasteiger partial charge in [0.05, 0.1) is 23.7 Å². The molecule has 8 nitrogen and oxygen atoms in total. The third-order valence-electron chi connectivity index (χ3n) is 3.76. The average molecular weight is 355 g/mol. The van der Waals surface area contributed by atoms with E-state index in [-0.39, 0.29) is 5.69 Å². The number of nitrogens with one attached hydrogen (secondary N) is 3.